The molecule has 4 rings (SSSR count). The van der Waals surface area contributed by atoms with Crippen LogP contribution in [0.4, 0.5) is 0 Å². The second-order valence-corrected chi connectivity index (χ2v) is 7.63. The predicted molar refractivity (Wildman–Crippen MR) is 117 cm³/mol. The number of para-hydroxylation sites is 2. The van der Waals surface area contributed by atoms with Crippen molar-refractivity contribution in [1.82, 2.24) is 14.9 Å². The fourth-order valence-corrected chi connectivity index (χ4v) is 4.01. The highest BCUT2D eigenvalue weighted by molar-refractivity contribution is 5.83. The highest BCUT2D eigenvalue weighted by Gasteiger charge is 2.13. The number of nitrogens with one attached hydrogen (secondary N) is 2. The molecule has 0 amide bonds. The zero-order valence-electron chi connectivity index (χ0n) is 16.5. The molecule has 150 valence electrons. The third-order valence-electron chi connectivity index (χ3n) is 5.50. The first-order chi connectivity index (χ1) is 14.2. The van der Waals surface area contributed by atoms with Gasteiger partial charge in [0.25, 0.3) is 0 Å². The molecule has 0 unspecified atom stereocenters. The van der Waals surface area contributed by atoms with Crippen LogP contribution in [0.1, 0.15) is 36.8 Å². The molecular weight excluding hydrogens is 362 g/mol. The average Bonchev–Trinajstić information content (AvgIpc) is 3.32. The Morgan fingerprint density at radius 1 is 0.793 bits per heavy atom. The van der Waals surface area contributed by atoms with Gasteiger partial charge in [-0.3, -0.25) is 9.69 Å². The number of carboxylic acids is 1. The van der Waals surface area contributed by atoms with Crippen LogP contribution in [0.25, 0.3) is 21.8 Å². The molecule has 0 fully saturated rings. The number of aliphatic carboxylic acids is 1. The Hall–Kier alpha value is -3.05. The van der Waals surface area contributed by atoms with Gasteiger partial charge in [-0.05, 0) is 42.6 Å². The smallest absolute Gasteiger partial charge is 0.303 e. The fraction of sp³-hybridized carbons (Fsp3) is 0.292. The van der Waals surface area contributed by atoms with E-state index in [1.807, 2.05) is 0 Å². The zero-order valence-corrected chi connectivity index (χ0v) is 16.5. The second kappa shape index (κ2) is 8.97. The summed E-state index contributed by atoms with van der Waals surface area (Å²) < 4.78 is 0. The number of H-pyrrole nitrogens is 2. The van der Waals surface area contributed by atoms with Crippen molar-refractivity contribution in [1.29, 1.82) is 0 Å². The predicted octanol–water partition coefficient (Wildman–Crippen LogP) is 5.30. The number of unbranched alkanes of at least 4 members (excludes halogenated alkanes) is 2. The van der Waals surface area contributed by atoms with Crippen LogP contribution < -0.4 is 0 Å². The average molecular weight is 389 g/mol. The maximum absolute atomic E-state index is 10.8. The summed E-state index contributed by atoms with van der Waals surface area (Å²) in [5, 5.41) is 11.4. The van der Waals surface area contributed by atoms with Gasteiger partial charge in [0.2, 0.25) is 0 Å². The van der Waals surface area contributed by atoms with Gasteiger partial charge in [0.15, 0.2) is 0 Å². The first kappa shape index (κ1) is 19.3. The van der Waals surface area contributed by atoms with Crippen LogP contribution in [0.2, 0.25) is 0 Å². The molecule has 0 saturated carbocycles. The number of rotatable bonds is 10. The zero-order chi connectivity index (χ0) is 20.1. The fourth-order valence-electron chi connectivity index (χ4n) is 4.01. The Labute approximate surface area is 170 Å². The SMILES string of the molecule is O=C(O)CCCCCN(Cc1c[nH]c2ccccc12)Cc1c[nH]c2ccccc12. The van der Waals surface area contributed by atoms with E-state index in [1.165, 1.54) is 21.9 Å². The molecule has 2 aromatic heterocycles. The minimum absolute atomic E-state index is 0.255. The molecule has 0 aliphatic rings. The van der Waals surface area contributed by atoms with Crippen molar-refractivity contribution < 1.29 is 9.90 Å². The van der Waals surface area contributed by atoms with Crippen molar-refractivity contribution in [3.8, 4) is 0 Å². The first-order valence-electron chi connectivity index (χ1n) is 10.2. The van der Waals surface area contributed by atoms with E-state index in [0.717, 1.165) is 49.9 Å². The van der Waals surface area contributed by atoms with E-state index in [-0.39, 0.29) is 6.42 Å². The molecule has 5 heteroatoms. The highest BCUT2D eigenvalue weighted by Crippen LogP contribution is 2.23. The molecule has 29 heavy (non-hydrogen) atoms. The van der Waals surface area contributed by atoms with Crippen molar-refractivity contribution in [2.45, 2.75) is 38.8 Å². The minimum Gasteiger partial charge on any atom is -0.481 e. The van der Waals surface area contributed by atoms with Crippen LogP contribution >= 0.6 is 0 Å². The van der Waals surface area contributed by atoms with E-state index in [1.54, 1.807) is 0 Å². The third kappa shape index (κ3) is 4.69. The van der Waals surface area contributed by atoms with E-state index in [4.69, 9.17) is 5.11 Å². The van der Waals surface area contributed by atoms with Crippen LogP contribution in [0.3, 0.4) is 0 Å². The van der Waals surface area contributed by atoms with Gasteiger partial charge in [-0.1, -0.05) is 42.8 Å². The number of carbonyl (C=O) groups is 1. The first-order valence-corrected chi connectivity index (χ1v) is 10.2. The largest absolute Gasteiger partial charge is 0.481 e. The summed E-state index contributed by atoms with van der Waals surface area (Å²) in [6.07, 6.45) is 7.14. The molecule has 2 heterocycles. The second-order valence-electron chi connectivity index (χ2n) is 7.63. The summed E-state index contributed by atoms with van der Waals surface area (Å²) in [5.74, 6) is -0.709. The lowest BCUT2D eigenvalue weighted by atomic mass is 10.1. The Morgan fingerprint density at radius 3 is 1.90 bits per heavy atom. The van der Waals surface area contributed by atoms with Gasteiger partial charge in [-0.25, -0.2) is 0 Å². The van der Waals surface area contributed by atoms with Crippen molar-refractivity contribution >= 4 is 27.8 Å². The van der Waals surface area contributed by atoms with Gasteiger partial charge in [-0.15, -0.1) is 0 Å². The van der Waals surface area contributed by atoms with Crippen molar-refractivity contribution in [3.63, 3.8) is 0 Å². The molecule has 0 bridgehead atoms. The monoisotopic (exact) mass is 389 g/mol. The summed E-state index contributed by atoms with van der Waals surface area (Å²) >= 11 is 0. The molecule has 4 aromatic rings. The number of hydrogen-bond donors (Lipinski definition) is 3. The van der Waals surface area contributed by atoms with E-state index >= 15 is 0 Å². The van der Waals surface area contributed by atoms with Crippen LogP contribution in [-0.2, 0) is 17.9 Å². The molecule has 0 aliphatic heterocycles. The van der Waals surface area contributed by atoms with Crippen molar-refractivity contribution in [3.05, 3.63) is 72.1 Å². The van der Waals surface area contributed by atoms with Crippen LogP contribution in [-0.4, -0.2) is 32.5 Å². The normalized spacial score (nSPS) is 11.6. The van der Waals surface area contributed by atoms with Crippen molar-refractivity contribution in [2.75, 3.05) is 6.54 Å². The lowest BCUT2D eigenvalue weighted by Crippen LogP contribution is -2.24. The number of nitrogens with zero attached hydrogens (tertiary/aromatic N) is 1. The number of aromatic nitrogens is 2. The molecule has 0 radical (unpaired) electrons. The van der Waals surface area contributed by atoms with Crippen molar-refractivity contribution in [2.24, 2.45) is 0 Å². The van der Waals surface area contributed by atoms with E-state index < -0.39 is 5.97 Å². The number of carboxylic acid groups (broad SMARTS) is 1. The number of aromatic amines is 2. The van der Waals surface area contributed by atoms with Crippen LogP contribution in [0.15, 0.2) is 60.9 Å². The van der Waals surface area contributed by atoms with Gasteiger partial charge >= 0.3 is 5.97 Å². The molecule has 0 saturated heterocycles. The topological polar surface area (TPSA) is 72.1 Å². The third-order valence-corrected chi connectivity index (χ3v) is 5.50. The lowest BCUT2D eigenvalue weighted by molar-refractivity contribution is -0.137. The summed E-state index contributed by atoms with van der Waals surface area (Å²) in [5.41, 5.74) is 4.92. The van der Waals surface area contributed by atoms with Crippen LogP contribution in [0, 0.1) is 0 Å². The van der Waals surface area contributed by atoms with Gasteiger partial charge in [-0.2, -0.15) is 0 Å². The Kier molecular flexibility index (Phi) is 5.96. The maximum atomic E-state index is 10.8. The van der Waals surface area contributed by atoms with Crippen LogP contribution in [0.5, 0.6) is 0 Å². The van der Waals surface area contributed by atoms with Gasteiger partial charge in [0.05, 0.1) is 0 Å². The summed E-state index contributed by atoms with van der Waals surface area (Å²) in [6, 6.07) is 16.8. The minimum atomic E-state index is -0.709. The molecule has 0 aliphatic carbocycles. The Bertz CT molecular complexity index is 1020. The lowest BCUT2D eigenvalue weighted by Gasteiger charge is -2.22. The molecule has 0 atom stereocenters. The summed E-state index contributed by atoms with van der Waals surface area (Å²) in [7, 11) is 0. The molecular formula is C24H27N3O2. The molecule has 2 aromatic carbocycles. The van der Waals surface area contributed by atoms with Gasteiger partial charge < -0.3 is 15.1 Å². The molecule has 3 N–H and O–H groups in total. The molecule has 5 nitrogen and oxygen atoms in total. The van der Waals surface area contributed by atoms with Gasteiger partial charge in [0, 0.05) is 53.7 Å². The quantitative estimate of drug-likeness (QED) is 0.322. The Balaban J connectivity index is 1.49. The molecule has 0 spiro atoms. The highest BCUT2D eigenvalue weighted by atomic mass is 16.4. The maximum Gasteiger partial charge on any atom is 0.303 e. The van der Waals surface area contributed by atoms with Gasteiger partial charge in [0.1, 0.15) is 0 Å². The number of fused-ring (bicyclic) bond motifs is 2. The number of benzene rings is 2. The summed E-state index contributed by atoms with van der Waals surface area (Å²) in [6.45, 7) is 2.67. The number of hydrogen-bond acceptors (Lipinski definition) is 2. The Morgan fingerprint density at radius 2 is 1.34 bits per heavy atom. The standard InChI is InChI=1S/C24H27N3O2/c28-24(29)12-2-1-7-13-27(16-18-14-25-22-10-5-3-8-20(18)22)17-19-15-26-23-11-6-4-9-21(19)23/h3-6,8-11,14-15,25-26H,1-2,7,12-13,16-17H2,(H,28,29). The van der Waals surface area contributed by atoms with E-state index in [0.29, 0.717) is 0 Å². The summed E-state index contributed by atoms with van der Waals surface area (Å²) in [4.78, 5) is 20.0. The van der Waals surface area contributed by atoms with E-state index in [2.05, 4.69) is 75.8 Å². The van der Waals surface area contributed by atoms with E-state index in [9.17, 15) is 4.79 Å².